The third-order valence-electron chi connectivity index (χ3n) is 8.64. The fourth-order valence-corrected chi connectivity index (χ4v) is 6.35. The summed E-state index contributed by atoms with van der Waals surface area (Å²) in [5.41, 5.74) is 2.67. The molecule has 6 nitrogen and oxygen atoms in total. The normalized spacial score (nSPS) is 26.6. The zero-order valence-electron chi connectivity index (χ0n) is 24.2. The topological polar surface area (TPSA) is 71.1 Å². The molecule has 220 valence electrons. The maximum atomic E-state index is 13.2. The van der Waals surface area contributed by atoms with Crippen LogP contribution in [0, 0.1) is 11.8 Å². The predicted molar refractivity (Wildman–Crippen MR) is 158 cm³/mol. The number of unbranched alkanes of at least 4 members (excludes halogenated alkanes) is 4. The Labute approximate surface area is 244 Å². The molecular formula is C35H44O6. The van der Waals surface area contributed by atoms with Gasteiger partial charge < -0.3 is 18.9 Å². The van der Waals surface area contributed by atoms with Crippen molar-refractivity contribution in [3.8, 4) is 11.1 Å². The van der Waals surface area contributed by atoms with Crippen molar-refractivity contribution >= 4 is 11.9 Å². The summed E-state index contributed by atoms with van der Waals surface area (Å²) >= 11 is 0. The molecule has 0 bridgehead atoms. The van der Waals surface area contributed by atoms with Gasteiger partial charge in [-0.2, -0.15) is 0 Å². The van der Waals surface area contributed by atoms with Crippen LogP contribution in [0.2, 0.25) is 0 Å². The van der Waals surface area contributed by atoms with Crippen LogP contribution in [0.4, 0.5) is 0 Å². The molecule has 2 aromatic rings. The number of carbonyl (C=O) groups excluding carboxylic acids is 2. The first-order chi connectivity index (χ1) is 20.1. The number of carbonyl (C=O) groups is 2. The molecule has 6 atom stereocenters. The third kappa shape index (κ3) is 8.08. The number of hydrogen-bond donors (Lipinski definition) is 0. The van der Waals surface area contributed by atoms with Crippen molar-refractivity contribution in [1.29, 1.82) is 0 Å². The van der Waals surface area contributed by atoms with E-state index in [4.69, 9.17) is 18.9 Å². The van der Waals surface area contributed by atoms with E-state index in [1.165, 1.54) is 25.7 Å². The zero-order valence-corrected chi connectivity index (χ0v) is 24.2. The molecular weight excluding hydrogens is 516 g/mol. The molecule has 2 saturated heterocycles. The highest BCUT2D eigenvalue weighted by atomic mass is 16.7. The summed E-state index contributed by atoms with van der Waals surface area (Å²) in [7, 11) is 0. The quantitative estimate of drug-likeness (QED) is 0.142. The Kier molecular flexibility index (Phi) is 10.7. The number of rotatable bonds is 13. The molecule has 2 aliphatic heterocycles. The van der Waals surface area contributed by atoms with Gasteiger partial charge in [-0.05, 0) is 48.9 Å². The SMILES string of the molecule is CCCCCCC[C@@H](/C=C/[C@@H]1[C@@H]2CC(=O)O[C@H]2C[C@H]1OC(=O)c1ccc(-c2ccccc2)cc1)OC1CCCCO1. The van der Waals surface area contributed by atoms with Gasteiger partial charge in [0.15, 0.2) is 6.29 Å². The molecule has 1 unspecified atom stereocenters. The molecule has 2 aromatic carbocycles. The maximum Gasteiger partial charge on any atom is 0.338 e. The van der Waals surface area contributed by atoms with Gasteiger partial charge in [0, 0.05) is 24.9 Å². The average Bonchev–Trinajstić information content (AvgIpc) is 3.51. The van der Waals surface area contributed by atoms with Crippen LogP contribution in [0.15, 0.2) is 66.7 Å². The van der Waals surface area contributed by atoms with Gasteiger partial charge in [0.05, 0.1) is 18.1 Å². The van der Waals surface area contributed by atoms with Crippen LogP contribution >= 0.6 is 0 Å². The fraction of sp³-hybridized carbons (Fsp3) is 0.543. The van der Waals surface area contributed by atoms with Crippen LogP contribution in [0.3, 0.4) is 0 Å². The van der Waals surface area contributed by atoms with Gasteiger partial charge in [-0.15, -0.1) is 0 Å². The lowest BCUT2D eigenvalue weighted by Gasteiger charge is -2.27. The molecule has 0 amide bonds. The highest BCUT2D eigenvalue weighted by molar-refractivity contribution is 5.90. The van der Waals surface area contributed by atoms with Crippen molar-refractivity contribution in [2.24, 2.45) is 11.8 Å². The lowest BCUT2D eigenvalue weighted by atomic mass is 9.91. The highest BCUT2D eigenvalue weighted by Gasteiger charge is 2.50. The molecule has 1 aliphatic carbocycles. The highest BCUT2D eigenvalue weighted by Crippen LogP contribution is 2.44. The molecule has 3 fully saturated rings. The Morgan fingerprint density at radius 3 is 2.54 bits per heavy atom. The molecule has 41 heavy (non-hydrogen) atoms. The van der Waals surface area contributed by atoms with E-state index < -0.39 is 0 Å². The Morgan fingerprint density at radius 2 is 1.78 bits per heavy atom. The monoisotopic (exact) mass is 560 g/mol. The summed E-state index contributed by atoms with van der Waals surface area (Å²) in [5.74, 6) is -0.608. The van der Waals surface area contributed by atoms with E-state index in [-0.39, 0.29) is 48.4 Å². The van der Waals surface area contributed by atoms with Gasteiger partial charge >= 0.3 is 11.9 Å². The average molecular weight is 561 g/mol. The van der Waals surface area contributed by atoms with Crippen LogP contribution in [0.5, 0.6) is 0 Å². The summed E-state index contributed by atoms with van der Waals surface area (Å²) < 4.78 is 24.0. The fourth-order valence-electron chi connectivity index (χ4n) is 6.35. The van der Waals surface area contributed by atoms with Crippen molar-refractivity contribution in [2.75, 3.05) is 6.61 Å². The summed E-state index contributed by atoms with van der Waals surface area (Å²) in [6, 6.07) is 17.6. The molecule has 6 heteroatoms. The summed E-state index contributed by atoms with van der Waals surface area (Å²) in [4.78, 5) is 25.3. The molecule has 0 aromatic heterocycles. The van der Waals surface area contributed by atoms with Crippen molar-refractivity contribution in [1.82, 2.24) is 0 Å². The minimum Gasteiger partial charge on any atom is -0.462 e. The van der Waals surface area contributed by atoms with E-state index in [0.717, 1.165) is 49.8 Å². The number of fused-ring (bicyclic) bond motifs is 1. The first-order valence-electron chi connectivity index (χ1n) is 15.6. The Bertz CT molecular complexity index is 1140. The summed E-state index contributed by atoms with van der Waals surface area (Å²) in [6.45, 7) is 2.97. The zero-order chi connectivity index (χ0) is 28.4. The Morgan fingerprint density at radius 1 is 1.00 bits per heavy atom. The van der Waals surface area contributed by atoms with Crippen LogP contribution in [-0.4, -0.2) is 43.1 Å². The summed E-state index contributed by atoms with van der Waals surface area (Å²) in [5, 5.41) is 0. The van der Waals surface area contributed by atoms with Gasteiger partial charge in [0.2, 0.25) is 0 Å². The van der Waals surface area contributed by atoms with Crippen molar-refractivity contribution in [3.05, 3.63) is 72.3 Å². The maximum absolute atomic E-state index is 13.2. The van der Waals surface area contributed by atoms with Crippen molar-refractivity contribution in [2.45, 2.75) is 102 Å². The van der Waals surface area contributed by atoms with E-state index in [9.17, 15) is 9.59 Å². The van der Waals surface area contributed by atoms with E-state index in [0.29, 0.717) is 18.4 Å². The molecule has 1 saturated carbocycles. The van der Waals surface area contributed by atoms with Gasteiger partial charge in [-0.1, -0.05) is 93.6 Å². The third-order valence-corrected chi connectivity index (χ3v) is 8.64. The summed E-state index contributed by atoms with van der Waals surface area (Å²) in [6.07, 6.45) is 14.4. The number of hydrogen-bond acceptors (Lipinski definition) is 6. The molecule has 5 rings (SSSR count). The number of benzene rings is 2. The second-order valence-electron chi connectivity index (χ2n) is 11.7. The lowest BCUT2D eigenvalue weighted by Crippen LogP contribution is -2.28. The van der Waals surface area contributed by atoms with Crippen LogP contribution < -0.4 is 0 Å². The van der Waals surface area contributed by atoms with Gasteiger partial charge in [-0.25, -0.2) is 4.79 Å². The Hall–Kier alpha value is -2.96. The molecule has 3 aliphatic rings. The van der Waals surface area contributed by atoms with E-state index in [1.807, 2.05) is 54.6 Å². The van der Waals surface area contributed by atoms with E-state index in [1.54, 1.807) is 0 Å². The minimum atomic E-state index is -0.355. The largest absolute Gasteiger partial charge is 0.462 e. The minimum absolute atomic E-state index is 0.00754. The standard InChI is InChI=1S/C35H44O6/c1-2-3-4-5-9-14-28(39-34-15-10-11-22-38-34)20-21-29-30-23-33(36)40-32(30)24-31(29)41-35(37)27-18-16-26(17-19-27)25-12-7-6-8-13-25/h6-8,12-13,16-21,28-32,34H,2-5,9-11,14-15,22-24H2,1H3/b21-20+/t28-,29+,30-,31+,32-,34?/m0/s1. The first-order valence-corrected chi connectivity index (χ1v) is 15.6. The first kappa shape index (κ1) is 29.5. The van der Waals surface area contributed by atoms with E-state index in [2.05, 4.69) is 19.1 Å². The lowest BCUT2D eigenvalue weighted by molar-refractivity contribution is -0.179. The van der Waals surface area contributed by atoms with Crippen LogP contribution in [0.1, 0.15) is 87.9 Å². The van der Waals surface area contributed by atoms with E-state index >= 15 is 0 Å². The molecule has 2 heterocycles. The van der Waals surface area contributed by atoms with Gasteiger partial charge in [0.1, 0.15) is 12.2 Å². The van der Waals surface area contributed by atoms with Gasteiger partial charge in [0.25, 0.3) is 0 Å². The predicted octanol–water partition coefficient (Wildman–Crippen LogP) is 7.66. The smallest absolute Gasteiger partial charge is 0.338 e. The van der Waals surface area contributed by atoms with Crippen LogP contribution in [0.25, 0.3) is 11.1 Å². The second kappa shape index (κ2) is 14.8. The second-order valence-corrected chi connectivity index (χ2v) is 11.7. The van der Waals surface area contributed by atoms with Gasteiger partial charge in [-0.3, -0.25) is 4.79 Å². The number of esters is 2. The van der Waals surface area contributed by atoms with Crippen molar-refractivity contribution in [3.63, 3.8) is 0 Å². The van der Waals surface area contributed by atoms with Crippen LogP contribution in [-0.2, 0) is 23.7 Å². The van der Waals surface area contributed by atoms with Crippen molar-refractivity contribution < 1.29 is 28.5 Å². The Balaban J connectivity index is 1.26. The molecule has 0 spiro atoms. The molecule has 0 N–H and O–H groups in total. The number of ether oxygens (including phenoxy) is 4. The molecule has 0 radical (unpaired) electrons.